The van der Waals surface area contributed by atoms with Crippen molar-refractivity contribution in [3.63, 3.8) is 0 Å². The van der Waals surface area contributed by atoms with E-state index in [1.54, 1.807) is 4.90 Å². The van der Waals surface area contributed by atoms with Gasteiger partial charge in [0.2, 0.25) is 17.7 Å². The second-order valence-corrected chi connectivity index (χ2v) is 11.4. The summed E-state index contributed by atoms with van der Waals surface area (Å²) in [6, 6.07) is 5.11. The zero-order chi connectivity index (χ0) is 25.8. The summed E-state index contributed by atoms with van der Waals surface area (Å²) in [6.45, 7) is 10.9. The second kappa shape index (κ2) is 9.33. The first kappa shape index (κ1) is 25.0. The molecule has 3 heterocycles. The van der Waals surface area contributed by atoms with E-state index in [1.807, 2.05) is 51.1 Å². The maximum Gasteiger partial charge on any atom is 0.246 e. The molecule has 3 fully saturated rings. The van der Waals surface area contributed by atoms with Crippen LogP contribution in [0.5, 0.6) is 0 Å². The van der Waals surface area contributed by atoms with Gasteiger partial charge in [-0.25, -0.2) is 0 Å². The maximum absolute atomic E-state index is 13.8. The highest BCUT2D eigenvalue weighted by Crippen LogP contribution is 2.55. The van der Waals surface area contributed by atoms with Gasteiger partial charge in [-0.1, -0.05) is 51.8 Å². The molecule has 194 valence electrons. The van der Waals surface area contributed by atoms with Crippen LogP contribution in [0.15, 0.2) is 30.4 Å². The Morgan fingerprint density at radius 1 is 1.14 bits per heavy atom. The average Bonchev–Trinajstić information content (AvgIpc) is 3.47. The lowest BCUT2D eigenvalue weighted by Gasteiger charge is -2.38. The van der Waals surface area contributed by atoms with Gasteiger partial charge >= 0.3 is 0 Å². The fraction of sp³-hybridized carbons (Fsp3) is 0.621. The number of anilines is 1. The molecule has 8 atom stereocenters. The summed E-state index contributed by atoms with van der Waals surface area (Å²) < 4.78 is 6.42. The molecule has 6 unspecified atom stereocenters. The lowest BCUT2D eigenvalue weighted by Crippen LogP contribution is -2.57. The van der Waals surface area contributed by atoms with Crippen LogP contribution >= 0.6 is 0 Å². The quantitative estimate of drug-likeness (QED) is 0.591. The van der Waals surface area contributed by atoms with Crippen molar-refractivity contribution in [1.29, 1.82) is 0 Å². The predicted molar refractivity (Wildman–Crippen MR) is 138 cm³/mol. The van der Waals surface area contributed by atoms with E-state index in [1.165, 1.54) is 6.42 Å². The topological polar surface area (TPSA) is 87.7 Å². The van der Waals surface area contributed by atoms with Gasteiger partial charge in [-0.2, -0.15) is 0 Å². The zero-order valence-electron chi connectivity index (χ0n) is 22.0. The van der Waals surface area contributed by atoms with Crippen LogP contribution in [-0.4, -0.2) is 53.0 Å². The Kier molecular flexibility index (Phi) is 6.48. The Balaban J connectivity index is 1.42. The first-order chi connectivity index (χ1) is 17.2. The van der Waals surface area contributed by atoms with Gasteiger partial charge in [-0.15, -0.1) is 0 Å². The fourth-order valence-electron chi connectivity index (χ4n) is 6.84. The van der Waals surface area contributed by atoms with Crippen LogP contribution in [0.1, 0.15) is 57.6 Å². The van der Waals surface area contributed by atoms with Gasteiger partial charge in [0.15, 0.2) is 0 Å². The Morgan fingerprint density at radius 3 is 2.64 bits per heavy atom. The van der Waals surface area contributed by atoms with E-state index in [0.717, 1.165) is 30.4 Å². The minimum Gasteiger partial charge on any atom is -0.359 e. The molecule has 3 amide bonds. The predicted octanol–water partition coefficient (Wildman–Crippen LogP) is 3.74. The van der Waals surface area contributed by atoms with Crippen molar-refractivity contribution in [2.45, 2.75) is 84.1 Å². The van der Waals surface area contributed by atoms with E-state index < -0.39 is 29.6 Å². The van der Waals surface area contributed by atoms with Crippen LogP contribution in [0, 0.1) is 37.5 Å². The third kappa shape index (κ3) is 3.87. The van der Waals surface area contributed by atoms with Crippen molar-refractivity contribution in [1.82, 2.24) is 10.2 Å². The first-order valence-corrected chi connectivity index (χ1v) is 13.5. The molecule has 2 bridgehead atoms. The largest absolute Gasteiger partial charge is 0.359 e. The minimum atomic E-state index is -1.10. The lowest BCUT2D eigenvalue weighted by atomic mass is 9.73. The molecular weight excluding hydrogens is 454 g/mol. The Labute approximate surface area is 214 Å². The maximum atomic E-state index is 13.8. The van der Waals surface area contributed by atoms with E-state index in [4.69, 9.17) is 4.74 Å². The highest BCUT2D eigenvalue weighted by Gasteiger charge is 2.72. The molecule has 3 aliphatic heterocycles. The van der Waals surface area contributed by atoms with Gasteiger partial charge in [-0.3, -0.25) is 14.4 Å². The molecule has 1 aromatic rings. The van der Waals surface area contributed by atoms with E-state index in [-0.39, 0.29) is 23.8 Å². The number of nitrogens with one attached hydrogen (secondary N) is 2. The minimum absolute atomic E-state index is 0.0849. The van der Waals surface area contributed by atoms with Gasteiger partial charge in [0.05, 0.1) is 17.9 Å². The summed E-state index contributed by atoms with van der Waals surface area (Å²) in [7, 11) is 0. The number of nitrogens with zero attached hydrogens (tertiary/aromatic N) is 1. The van der Waals surface area contributed by atoms with Crippen molar-refractivity contribution in [2.75, 3.05) is 11.9 Å². The molecule has 36 heavy (non-hydrogen) atoms. The van der Waals surface area contributed by atoms with E-state index in [0.29, 0.717) is 24.1 Å². The number of amides is 3. The highest BCUT2D eigenvalue weighted by atomic mass is 16.5. The summed E-state index contributed by atoms with van der Waals surface area (Å²) >= 11 is 0. The molecule has 7 heteroatoms. The van der Waals surface area contributed by atoms with Crippen LogP contribution < -0.4 is 10.6 Å². The monoisotopic (exact) mass is 493 g/mol. The van der Waals surface area contributed by atoms with Crippen molar-refractivity contribution < 1.29 is 19.1 Å². The summed E-state index contributed by atoms with van der Waals surface area (Å²) in [5, 5.41) is 6.30. The number of ether oxygens (including phenoxy) is 1. The highest BCUT2D eigenvalue weighted by molar-refractivity contribution is 6.02. The number of hydrogen-bond acceptors (Lipinski definition) is 4. The van der Waals surface area contributed by atoms with Crippen molar-refractivity contribution >= 4 is 23.4 Å². The molecule has 4 aliphatic rings. The number of hydrogen-bond donors (Lipinski definition) is 2. The molecule has 0 aromatic heterocycles. The molecular formula is C29H39N3O4. The fourth-order valence-corrected chi connectivity index (χ4v) is 6.84. The van der Waals surface area contributed by atoms with Crippen LogP contribution in [0.2, 0.25) is 0 Å². The van der Waals surface area contributed by atoms with Crippen LogP contribution in [0.25, 0.3) is 0 Å². The molecule has 1 aliphatic carbocycles. The van der Waals surface area contributed by atoms with E-state index >= 15 is 0 Å². The van der Waals surface area contributed by atoms with Crippen LogP contribution in [-0.2, 0) is 19.1 Å². The molecule has 7 nitrogen and oxygen atoms in total. The molecule has 1 saturated carbocycles. The number of carbonyl (C=O) groups is 3. The van der Waals surface area contributed by atoms with Gasteiger partial charge < -0.3 is 20.3 Å². The molecule has 5 rings (SSSR count). The summed E-state index contributed by atoms with van der Waals surface area (Å²) in [6.07, 6.45) is 7.17. The number of fused-ring (bicyclic) bond motifs is 1. The van der Waals surface area contributed by atoms with Crippen LogP contribution in [0.4, 0.5) is 5.69 Å². The SMILES string of the molecule is CCCN1C(=O)[C@@H]2C(C(=O)Nc3ccc(C)c(C)c3)[C@@H]3C=CC2(O3)C1C(=O)NC1CCCC(C)C1C. The Bertz CT molecular complexity index is 1100. The Morgan fingerprint density at radius 2 is 1.92 bits per heavy atom. The summed E-state index contributed by atoms with van der Waals surface area (Å²) in [5.41, 5.74) is 1.84. The second-order valence-electron chi connectivity index (χ2n) is 11.4. The summed E-state index contributed by atoms with van der Waals surface area (Å²) in [4.78, 5) is 42.8. The number of aryl methyl sites for hydroxylation is 2. The third-order valence-electron chi connectivity index (χ3n) is 9.20. The number of benzene rings is 1. The molecule has 0 radical (unpaired) electrons. The van der Waals surface area contributed by atoms with Gasteiger partial charge in [-0.05, 0) is 61.8 Å². The van der Waals surface area contributed by atoms with Crippen molar-refractivity contribution in [2.24, 2.45) is 23.7 Å². The van der Waals surface area contributed by atoms with Gasteiger partial charge in [0, 0.05) is 18.3 Å². The molecule has 1 aromatic carbocycles. The molecule has 2 N–H and O–H groups in total. The van der Waals surface area contributed by atoms with Crippen molar-refractivity contribution in [3.05, 3.63) is 41.5 Å². The lowest BCUT2D eigenvalue weighted by molar-refractivity contribution is -0.141. The normalized spacial score (nSPS) is 36.8. The summed E-state index contributed by atoms with van der Waals surface area (Å²) in [5.74, 6) is -1.01. The Hall–Kier alpha value is -2.67. The average molecular weight is 494 g/mol. The zero-order valence-corrected chi connectivity index (χ0v) is 22.0. The molecule has 1 spiro atoms. The van der Waals surface area contributed by atoms with E-state index in [9.17, 15) is 14.4 Å². The standard InChI is InChI=1S/C29H39N3O4/c1-6-14-32-25(27(34)31-21-9-7-8-17(3)19(21)5)29-13-12-22(36-29)23(24(29)28(32)35)26(33)30-20-11-10-16(2)18(4)15-20/h10-13,15,17,19,21-25H,6-9,14H2,1-5H3,(H,30,33)(H,31,34)/t17?,19?,21?,22-,23?,24-,25?,29?/m0/s1. The van der Waals surface area contributed by atoms with Gasteiger partial charge in [0.25, 0.3) is 0 Å². The van der Waals surface area contributed by atoms with Crippen molar-refractivity contribution in [3.8, 4) is 0 Å². The van der Waals surface area contributed by atoms with Gasteiger partial charge in [0.1, 0.15) is 11.6 Å². The smallest absolute Gasteiger partial charge is 0.246 e. The third-order valence-corrected chi connectivity index (χ3v) is 9.20. The van der Waals surface area contributed by atoms with Crippen LogP contribution in [0.3, 0.4) is 0 Å². The first-order valence-electron chi connectivity index (χ1n) is 13.5. The number of likely N-dealkylation sites (tertiary alicyclic amines) is 1. The van der Waals surface area contributed by atoms with E-state index in [2.05, 4.69) is 24.5 Å². The molecule has 2 saturated heterocycles. The number of carbonyl (C=O) groups excluding carboxylic acids is 3. The number of rotatable bonds is 6.